The van der Waals surface area contributed by atoms with Crippen LogP contribution in [0.2, 0.25) is 0 Å². The van der Waals surface area contributed by atoms with Gasteiger partial charge in [0.2, 0.25) is 5.91 Å². The van der Waals surface area contributed by atoms with Gasteiger partial charge in [-0.25, -0.2) is 4.79 Å². The predicted molar refractivity (Wildman–Crippen MR) is 130 cm³/mol. The Hall–Kier alpha value is -2.32. The molecule has 0 saturated carbocycles. The van der Waals surface area contributed by atoms with Gasteiger partial charge >= 0.3 is 6.03 Å². The topological polar surface area (TPSA) is 68.4 Å². The van der Waals surface area contributed by atoms with Crippen LogP contribution in [0.15, 0.2) is 24.3 Å². The Balaban J connectivity index is 1.22. The van der Waals surface area contributed by atoms with E-state index in [-0.39, 0.29) is 24.0 Å². The number of fused-ring (bicyclic) bond motifs is 1. The average molecular weight is 458 g/mol. The molecule has 33 heavy (non-hydrogen) atoms. The molecule has 4 rings (SSSR count). The number of hydrogen-bond donors (Lipinski definition) is 1. The fourth-order valence-corrected chi connectivity index (χ4v) is 5.01. The molecule has 3 heterocycles. The zero-order chi connectivity index (χ0) is 23.2. The second-order valence-corrected chi connectivity index (χ2v) is 9.34. The van der Waals surface area contributed by atoms with E-state index in [9.17, 15) is 9.59 Å². The van der Waals surface area contributed by atoms with E-state index in [0.717, 1.165) is 70.0 Å². The maximum absolute atomic E-state index is 13.3. The van der Waals surface area contributed by atoms with Crippen LogP contribution in [0.5, 0.6) is 5.75 Å². The van der Waals surface area contributed by atoms with Gasteiger partial charge in [-0.1, -0.05) is 26.0 Å². The summed E-state index contributed by atoms with van der Waals surface area (Å²) in [6, 6.07) is 7.78. The molecule has 8 heteroatoms. The summed E-state index contributed by atoms with van der Waals surface area (Å²) >= 11 is 0. The summed E-state index contributed by atoms with van der Waals surface area (Å²) < 4.78 is 6.02. The van der Waals surface area contributed by atoms with Crippen LogP contribution in [0.3, 0.4) is 0 Å². The molecule has 1 atom stereocenters. The summed E-state index contributed by atoms with van der Waals surface area (Å²) in [5.74, 6) is 0.901. The number of urea groups is 1. The third kappa shape index (κ3) is 5.79. The SMILES string of the molecule is CC[C@@H]1CN(C(=O)N2CCC(C(=O)NCCN3CCN(CC)CC3)CC2)c2ccccc2O1. The summed E-state index contributed by atoms with van der Waals surface area (Å²) in [6.07, 6.45) is 2.30. The number of ether oxygens (including phenoxy) is 1. The fraction of sp³-hybridized carbons (Fsp3) is 0.680. The van der Waals surface area contributed by atoms with Crippen LogP contribution in [0, 0.1) is 5.92 Å². The minimum Gasteiger partial charge on any atom is -0.486 e. The van der Waals surface area contributed by atoms with Crippen LogP contribution >= 0.6 is 0 Å². The largest absolute Gasteiger partial charge is 0.486 e. The summed E-state index contributed by atoms with van der Waals surface area (Å²) in [6.45, 7) is 13.2. The first-order valence-corrected chi connectivity index (χ1v) is 12.6. The third-order valence-corrected chi connectivity index (χ3v) is 7.30. The molecular formula is C25H39N5O3. The van der Waals surface area contributed by atoms with Crippen LogP contribution in [0.1, 0.15) is 33.1 Å². The van der Waals surface area contributed by atoms with E-state index in [4.69, 9.17) is 4.74 Å². The number of para-hydroxylation sites is 2. The van der Waals surface area contributed by atoms with E-state index >= 15 is 0 Å². The van der Waals surface area contributed by atoms with Gasteiger partial charge in [-0.2, -0.15) is 0 Å². The number of anilines is 1. The molecule has 0 bridgehead atoms. The molecule has 0 unspecified atom stereocenters. The molecule has 0 aliphatic carbocycles. The first-order chi connectivity index (χ1) is 16.1. The van der Waals surface area contributed by atoms with E-state index < -0.39 is 0 Å². The number of piperazine rings is 1. The highest BCUT2D eigenvalue weighted by molar-refractivity contribution is 5.94. The number of nitrogens with zero attached hydrogens (tertiary/aromatic N) is 4. The van der Waals surface area contributed by atoms with Gasteiger partial charge in [0.05, 0.1) is 12.2 Å². The number of carbonyl (C=O) groups excluding carboxylic acids is 2. The molecule has 0 radical (unpaired) electrons. The summed E-state index contributed by atoms with van der Waals surface area (Å²) in [4.78, 5) is 34.7. The summed E-state index contributed by atoms with van der Waals surface area (Å²) in [7, 11) is 0. The van der Waals surface area contributed by atoms with Crippen molar-refractivity contribution in [3.63, 3.8) is 0 Å². The molecular weight excluding hydrogens is 418 g/mol. The lowest BCUT2D eigenvalue weighted by Gasteiger charge is -2.39. The van der Waals surface area contributed by atoms with Crippen molar-refractivity contribution in [1.82, 2.24) is 20.0 Å². The van der Waals surface area contributed by atoms with Crippen LogP contribution in [-0.2, 0) is 4.79 Å². The normalized spacial score (nSPS) is 22.5. The molecule has 3 amide bonds. The van der Waals surface area contributed by atoms with Crippen molar-refractivity contribution in [2.24, 2.45) is 5.92 Å². The number of carbonyl (C=O) groups is 2. The van der Waals surface area contributed by atoms with Gasteiger partial charge in [0.15, 0.2) is 0 Å². The van der Waals surface area contributed by atoms with Crippen LogP contribution in [0.25, 0.3) is 0 Å². The van der Waals surface area contributed by atoms with Gasteiger partial charge in [-0.05, 0) is 37.9 Å². The highest BCUT2D eigenvalue weighted by atomic mass is 16.5. The molecule has 8 nitrogen and oxygen atoms in total. The Kier molecular flexibility index (Phi) is 8.09. The minimum atomic E-state index is -0.00801. The lowest BCUT2D eigenvalue weighted by Crippen LogP contribution is -2.52. The maximum atomic E-state index is 13.3. The standard InChI is InChI=1S/C25H39N5O3/c1-3-21-19-30(22-7-5-6-8-23(22)33-21)25(32)29-12-9-20(10-13-29)24(31)26-11-14-28-17-15-27(4-2)16-18-28/h5-8,20-21H,3-4,9-19H2,1-2H3,(H,26,31)/t21-/m1/s1. The van der Waals surface area contributed by atoms with Gasteiger partial charge in [0.25, 0.3) is 0 Å². The number of likely N-dealkylation sites (tertiary alicyclic amines) is 1. The smallest absolute Gasteiger partial charge is 0.324 e. The zero-order valence-electron chi connectivity index (χ0n) is 20.2. The Morgan fingerprint density at radius 2 is 1.70 bits per heavy atom. The molecule has 2 saturated heterocycles. The van der Waals surface area contributed by atoms with Crippen molar-refractivity contribution in [1.29, 1.82) is 0 Å². The van der Waals surface area contributed by atoms with Crippen LogP contribution in [-0.4, -0.2) is 98.2 Å². The zero-order valence-corrected chi connectivity index (χ0v) is 20.2. The number of hydrogen-bond acceptors (Lipinski definition) is 5. The summed E-state index contributed by atoms with van der Waals surface area (Å²) in [5, 5.41) is 3.13. The molecule has 182 valence electrons. The monoisotopic (exact) mass is 457 g/mol. The highest BCUT2D eigenvalue weighted by Crippen LogP contribution is 2.35. The number of benzene rings is 1. The highest BCUT2D eigenvalue weighted by Gasteiger charge is 2.34. The van der Waals surface area contributed by atoms with Gasteiger partial charge in [0, 0.05) is 58.3 Å². The number of piperidine rings is 1. The molecule has 1 aromatic carbocycles. The number of nitrogens with one attached hydrogen (secondary N) is 1. The third-order valence-electron chi connectivity index (χ3n) is 7.30. The van der Waals surface area contributed by atoms with E-state index in [1.54, 1.807) is 0 Å². The van der Waals surface area contributed by atoms with Crippen molar-refractivity contribution in [2.75, 3.05) is 70.3 Å². The molecule has 3 aliphatic heterocycles. The number of amides is 3. The van der Waals surface area contributed by atoms with Gasteiger partial charge in [-0.3, -0.25) is 14.6 Å². The van der Waals surface area contributed by atoms with Crippen molar-refractivity contribution >= 4 is 17.6 Å². The molecule has 1 aromatic rings. The molecule has 0 spiro atoms. The van der Waals surface area contributed by atoms with E-state index in [2.05, 4.69) is 29.0 Å². The first kappa shape index (κ1) is 23.8. The average Bonchev–Trinajstić information content (AvgIpc) is 2.88. The first-order valence-electron chi connectivity index (χ1n) is 12.6. The van der Waals surface area contributed by atoms with Gasteiger partial charge < -0.3 is 19.9 Å². The predicted octanol–water partition coefficient (Wildman–Crippen LogP) is 2.25. The van der Waals surface area contributed by atoms with Crippen molar-refractivity contribution in [3.05, 3.63) is 24.3 Å². The Morgan fingerprint density at radius 1 is 1.00 bits per heavy atom. The molecule has 2 fully saturated rings. The lowest BCUT2D eigenvalue weighted by atomic mass is 9.96. The second kappa shape index (κ2) is 11.2. The maximum Gasteiger partial charge on any atom is 0.324 e. The second-order valence-electron chi connectivity index (χ2n) is 9.34. The molecule has 0 aromatic heterocycles. The lowest BCUT2D eigenvalue weighted by molar-refractivity contribution is -0.126. The van der Waals surface area contributed by atoms with Gasteiger partial charge in [0.1, 0.15) is 11.9 Å². The van der Waals surface area contributed by atoms with Crippen molar-refractivity contribution in [3.8, 4) is 5.75 Å². The Bertz CT molecular complexity index is 803. The Morgan fingerprint density at radius 3 is 2.39 bits per heavy atom. The summed E-state index contributed by atoms with van der Waals surface area (Å²) in [5.41, 5.74) is 0.840. The van der Waals surface area contributed by atoms with E-state index in [0.29, 0.717) is 26.2 Å². The van der Waals surface area contributed by atoms with Crippen molar-refractivity contribution in [2.45, 2.75) is 39.2 Å². The van der Waals surface area contributed by atoms with Gasteiger partial charge in [-0.15, -0.1) is 0 Å². The van der Waals surface area contributed by atoms with Crippen LogP contribution in [0.4, 0.5) is 10.5 Å². The Labute approximate surface area is 197 Å². The fourth-order valence-electron chi connectivity index (χ4n) is 5.01. The minimum absolute atomic E-state index is 0.00801. The van der Waals surface area contributed by atoms with E-state index in [1.807, 2.05) is 34.1 Å². The molecule has 1 N–H and O–H groups in total. The quantitative estimate of drug-likeness (QED) is 0.710. The number of rotatable bonds is 6. The molecule has 3 aliphatic rings. The van der Waals surface area contributed by atoms with E-state index in [1.165, 1.54) is 0 Å². The number of likely N-dealkylation sites (N-methyl/N-ethyl adjacent to an activating group) is 1. The van der Waals surface area contributed by atoms with Crippen molar-refractivity contribution < 1.29 is 14.3 Å². The van der Waals surface area contributed by atoms with Crippen LogP contribution < -0.4 is 15.0 Å².